The van der Waals surface area contributed by atoms with Gasteiger partial charge in [-0.25, -0.2) is 9.07 Å². The van der Waals surface area contributed by atoms with Crippen LogP contribution in [0, 0.1) is 34.5 Å². The number of nitrogens with zero attached hydrogens (tertiary/aromatic N) is 4. The summed E-state index contributed by atoms with van der Waals surface area (Å²) in [5.41, 5.74) is 8.37. The molecule has 7 heteroatoms. The second kappa shape index (κ2) is 7.92. The molecular weight excluding hydrogens is 393 g/mol. The molecule has 1 aromatic heterocycles. The molecule has 0 saturated heterocycles. The monoisotopic (exact) mass is 421 g/mol. The van der Waals surface area contributed by atoms with Crippen LogP contribution in [-0.4, -0.2) is 23.0 Å². The van der Waals surface area contributed by atoms with Crippen molar-refractivity contribution in [3.05, 3.63) is 41.0 Å². The van der Waals surface area contributed by atoms with Gasteiger partial charge in [-0.15, -0.1) is 0 Å². The van der Waals surface area contributed by atoms with E-state index in [2.05, 4.69) is 25.9 Å². The first-order valence-corrected chi connectivity index (χ1v) is 10.8. The molecule has 0 aromatic carbocycles. The molecule has 1 amide bonds. The van der Waals surface area contributed by atoms with Crippen molar-refractivity contribution < 1.29 is 9.18 Å². The Kier molecular flexibility index (Phi) is 5.42. The standard InChI is InChI=1S/C24H28FN5O/c1-14-4-7-18(24(14,2)3)11-28-22-19(23(27)31)12-29-30-13-17(9-21(22)30)15-5-6-16(10-26)20(25)8-15/h8-9,11-14,18-19,22H,4-7H2,1-3H3,(H2,27,31). The van der Waals surface area contributed by atoms with Gasteiger partial charge in [0.05, 0.1) is 17.3 Å². The molecule has 1 saturated carbocycles. The summed E-state index contributed by atoms with van der Waals surface area (Å²) < 4.78 is 15.9. The Morgan fingerprint density at radius 3 is 2.81 bits per heavy atom. The molecule has 1 aromatic rings. The topological polar surface area (TPSA) is 96.5 Å². The number of primary amides is 1. The van der Waals surface area contributed by atoms with E-state index in [9.17, 15) is 9.18 Å². The zero-order chi connectivity index (χ0) is 22.3. The molecule has 0 spiro atoms. The van der Waals surface area contributed by atoms with E-state index in [0.29, 0.717) is 24.7 Å². The fourth-order valence-corrected chi connectivity index (χ4v) is 4.80. The summed E-state index contributed by atoms with van der Waals surface area (Å²) in [6, 6.07) is 3.36. The highest BCUT2D eigenvalue weighted by atomic mass is 19.1. The number of halogens is 1. The van der Waals surface area contributed by atoms with E-state index in [1.807, 2.05) is 24.5 Å². The fourth-order valence-electron chi connectivity index (χ4n) is 4.80. The van der Waals surface area contributed by atoms with Crippen molar-refractivity contribution in [2.45, 2.75) is 52.5 Å². The van der Waals surface area contributed by atoms with Crippen LogP contribution in [0.15, 0.2) is 39.8 Å². The van der Waals surface area contributed by atoms with Crippen molar-refractivity contribution in [2.75, 3.05) is 0 Å². The number of allylic oxidation sites excluding steroid dienone is 4. The lowest BCUT2D eigenvalue weighted by molar-refractivity contribution is -0.120. The SMILES string of the molecule is CC1CCC(C=NC2c3cc(C4=CC(F)=C(C#N)CC4)cn3N=CC2C(N)=O)C1(C)C. The molecule has 6 nitrogen and oxygen atoms in total. The lowest BCUT2D eigenvalue weighted by Crippen LogP contribution is -2.33. The van der Waals surface area contributed by atoms with Crippen LogP contribution in [-0.2, 0) is 4.79 Å². The molecule has 0 bridgehead atoms. The Morgan fingerprint density at radius 1 is 1.42 bits per heavy atom. The third kappa shape index (κ3) is 3.76. The molecule has 162 valence electrons. The molecule has 4 unspecified atom stereocenters. The Balaban J connectivity index is 1.68. The third-order valence-corrected chi connectivity index (χ3v) is 7.46. The van der Waals surface area contributed by atoms with E-state index >= 15 is 0 Å². The van der Waals surface area contributed by atoms with Crippen LogP contribution in [0.25, 0.3) is 5.57 Å². The number of aliphatic imine (C=N–C) groups is 1. The summed E-state index contributed by atoms with van der Waals surface area (Å²) in [5.74, 6) is -0.640. The molecule has 4 rings (SSSR count). The van der Waals surface area contributed by atoms with Gasteiger partial charge in [0, 0.05) is 18.6 Å². The zero-order valence-electron chi connectivity index (χ0n) is 18.2. The second-order valence-electron chi connectivity index (χ2n) is 9.45. The van der Waals surface area contributed by atoms with E-state index in [1.54, 1.807) is 10.9 Å². The van der Waals surface area contributed by atoms with Crippen LogP contribution in [0.1, 0.15) is 63.8 Å². The predicted molar refractivity (Wildman–Crippen MR) is 119 cm³/mol. The van der Waals surface area contributed by atoms with E-state index in [1.165, 1.54) is 6.08 Å². The lowest BCUT2D eigenvalue weighted by Gasteiger charge is -2.29. The first-order valence-electron chi connectivity index (χ1n) is 10.8. The number of nitriles is 1. The molecule has 31 heavy (non-hydrogen) atoms. The van der Waals surface area contributed by atoms with Crippen molar-refractivity contribution in [1.82, 2.24) is 4.68 Å². The summed E-state index contributed by atoms with van der Waals surface area (Å²) in [6.45, 7) is 6.81. The van der Waals surface area contributed by atoms with Crippen LogP contribution in [0.4, 0.5) is 4.39 Å². The lowest BCUT2D eigenvalue weighted by atomic mass is 9.77. The summed E-state index contributed by atoms with van der Waals surface area (Å²) in [6.07, 6.45) is 9.97. The van der Waals surface area contributed by atoms with Crippen molar-refractivity contribution in [3.8, 4) is 6.07 Å². The van der Waals surface area contributed by atoms with Gasteiger partial charge in [0.15, 0.2) is 0 Å². The maximum atomic E-state index is 14.2. The van der Waals surface area contributed by atoms with Crippen LogP contribution in [0.5, 0.6) is 0 Å². The number of amides is 1. The van der Waals surface area contributed by atoms with Crippen LogP contribution >= 0.6 is 0 Å². The minimum Gasteiger partial charge on any atom is -0.369 e. The number of carbonyl (C=O) groups excluding carboxylic acids is 1. The minimum absolute atomic E-state index is 0.150. The van der Waals surface area contributed by atoms with E-state index in [-0.39, 0.29) is 11.0 Å². The smallest absolute Gasteiger partial charge is 0.228 e. The van der Waals surface area contributed by atoms with Crippen LogP contribution in [0.3, 0.4) is 0 Å². The van der Waals surface area contributed by atoms with E-state index in [4.69, 9.17) is 16.0 Å². The number of fused-ring (bicyclic) bond motifs is 1. The second-order valence-corrected chi connectivity index (χ2v) is 9.45. The first kappa shape index (κ1) is 21.2. The third-order valence-electron chi connectivity index (χ3n) is 7.46. The van der Waals surface area contributed by atoms with Crippen molar-refractivity contribution in [1.29, 1.82) is 5.26 Å². The molecule has 4 atom stereocenters. The quantitative estimate of drug-likeness (QED) is 0.722. The first-order chi connectivity index (χ1) is 14.7. The molecule has 1 aliphatic heterocycles. The van der Waals surface area contributed by atoms with Gasteiger partial charge < -0.3 is 5.73 Å². The molecule has 3 aliphatic rings. The number of nitrogens with two attached hydrogens (primary N) is 1. The highest BCUT2D eigenvalue weighted by molar-refractivity contribution is 5.94. The molecule has 2 N–H and O–H groups in total. The normalized spacial score (nSPS) is 29.7. The Labute approximate surface area is 182 Å². The van der Waals surface area contributed by atoms with Gasteiger partial charge in [0.25, 0.3) is 0 Å². The van der Waals surface area contributed by atoms with Gasteiger partial charge in [0.1, 0.15) is 17.8 Å². The summed E-state index contributed by atoms with van der Waals surface area (Å²) in [7, 11) is 0. The Hall–Kier alpha value is -3.01. The van der Waals surface area contributed by atoms with Crippen LogP contribution in [0.2, 0.25) is 0 Å². The molecule has 2 heterocycles. The number of hydrogen-bond acceptors (Lipinski definition) is 4. The van der Waals surface area contributed by atoms with E-state index in [0.717, 1.165) is 29.7 Å². The average molecular weight is 422 g/mol. The van der Waals surface area contributed by atoms with Gasteiger partial charge in [0.2, 0.25) is 5.91 Å². The number of carbonyl (C=O) groups is 1. The number of rotatable bonds is 4. The fraction of sp³-hybridized carbons (Fsp3) is 0.500. The number of hydrogen-bond donors (Lipinski definition) is 1. The Morgan fingerprint density at radius 2 is 2.19 bits per heavy atom. The largest absolute Gasteiger partial charge is 0.369 e. The minimum atomic E-state index is -0.629. The molecule has 0 radical (unpaired) electrons. The zero-order valence-corrected chi connectivity index (χ0v) is 18.2. The molecule has 2 aliphatic carbocycles. The highest BCUT2D eigenvalue weighted by Gasteiger charge is 2.40. The van der Waals surface area contributed by atoms with Gasteiger partial charge in [-0.2, -0.15) is 10.4 Å². The summed E-state index contributed by atoms with van der Waals surface area (Å²) in [5, 5.41) is 13.4. The van der Waals surface area contributed by atoms with Crippen molar-refractivity contribution in [3.63, 3.8) is 0 Å². The molecule has 1 fully saturated rings. The van der Waals surface area contributed by atoms with Crippen molar-refractivity contribution >= 4 is 23.9 Å². The summed E-state index contributed by atoms with van der Waals surface area (Å²) in [4.78, 5) is 17.0. The van der Waals surface area contributed by atoms with Gasteiger partial charge >= 0.3 is 0 Å². The van der Waals surface area contributed by atoms with Gasteiger partial charge in [-0.1, -0.05) is 20.8 Å². The van der Waals surface area contributed by atoms with Gasteiger partial charge in [-0.3, -0.25) is 9.79 Å². The maximum Gasteiger partial charge on any atom is 0.228 e. The maximum absolute atomic E-state index is 14.2. The Bertz CT molecular complexity index is 1070. The van der Waals surface area contributed by atoms with E-state index < -0.39 is 23.7 Å². The van der Waals surface area contributed by atoms with Crippen molar-refractivity contribution in [2.24, 2.45) is 39.0 Å². The molecular formula is C24H28FN5O. The average Bonchev–Trinajstić information content (AvgIpc) is 3.27. The predicted octanol–water partition coefficient (Wildman–Crippen LogP) is 4.55. The number of aromatic nitrogens is 1. The van der Waals surface area contributed by atoms with Gasteiger partial charge in [-0.05, 0) is 66.2 Å². The van der Waals surface area contributed by atoms with Crippen LogP contribution < -0.4 is 5.73 Å². The summed E-state index contributed by atoms with van der Waals surface area (Å²) >= 11 is 0. The highest BCUT2D eigenvalue weighted by Crippen LogP contribution is 2.46.